The summed E-state index contributed by atoms with van der Waals surface area (Å²) in [5.41, 5.74) is 12.3. The first-order chi connectivity index (χ1) is 9.56. The van der Waals surface area contributed by atoms with Gasteiger partial charge in [0.15, 0.2) is 0 Å². The lowest BCUT2D eigenvalue weighted by molar-refractivity contribution is 0.0779. The van der Waals surface area contributed by atoms with E-state index in [2.05, 4.69) is 0 Å². The molecule has 4 N–H and O–H groups in total. The Balaban J connectivity index is 1.72. The highest BCUT2D eigenvalue weighted by Gasteiger charge is 2.42. The number of hydrogen-bond acceptors (Lipinski definition) is 3. The number of nitrogens with zero attached hydrogens (tertiary/aromatic N) is 1. The molecule has 1 saturated heterocycles. The molecule has 3 unspecified atom stereocenters. The smallest absolute Gasteiger partial charge is 0.253 e. The maximum absolute atomic E-state index is 12.4. The molecule has 106 valence electrons. The van der Waals surface area contributed by atoms with Crippen LogP contribution in [0.2, 0.25) is 0 Å². The number of fused-ring (bicyclic) bond motifs is 1. The molecule has 1 aromatic carbocycles. The van der Waals surface area contributed by atoms with Crippen molar-refractivity contribution in [2.45, 2.75) is 18.9 Å². The highest BCUT2D eigenvalue weighted by molar-refractivity contribution is 5.97. The van der Waals surface area contributed by atoms with E-state index in [9.17, 15) is 9.59 Å². The van der Waals surface area contributed by atoms with Gasteiger partial charge in [0.2, 0.25) is 5.91 Å². The Kier molecular flexibility index (Phi) is 3.22. The van der Waals surface area contributed by atoms with E-state index in [0.29, 0.717) is 23.0 Å². The van der Waals surface area contributed by atoms with E-state index in [4.69, 9.17) is 11.5 Å². The molecule has 2 aliphatic rings. The number of nitrogens with two attached hydrogens (primary N) is 2. The van der Waals surface area contributed by atoms with Crippen LogP contribution >= 0.6 is 0 Å². The fourth-order valence-corrected chi connectivity index (χ4v) is 3.43. The minimum Gasteiger partial charge on any atom is -0.366 e. The van der Waals surface area contributed by atoms with E-state index in [-0.39, 0.29) is 11.9 Å². The molecule has 2 fully saturated rings. The van der Waals surface area contributed by atoms with E-state index >= 15 is 0 Å². The molecule has 0 bridgehead atoms. The summed E-state index contributed by atoms with van der Waals surface area (Å²) < 4.78 is 0. The van der Waals surface area contributed by atoms with Crippen molar-refractivity contribution in [2.24, 2.45) is 23.3 Å². The fourth-order valence-electron chi connectivity index (χ4n) is 3.43. The monoisotopic (exact) mass is 273 g/mol. The van der Waals surface area contributed by atoms with Gasteiger partial charge in [-0.1, -0.05) is 0 Å². The molecule has 3 atom stereocenters. The number of benzene rings is 1. The third-order valence-electron chi connectivity index (χ3n) is 4.62. The van der Waals surface area contributed by atoms with Crippen LogP contribution in [0.1, 0.15) is 33.6 Å². The van der Waals surface area contributed by atoms with Crippen LogP contribution in [0.15, 0.2) is 24.3 Å². The lowest BCUT2D eigenvalue weighted by Crippen LogP contribution is -2.33. The summed E-state index contributed by atoms with van der Waals surface area (Å²) in [4.78, 5) is 25.3. The minimum atomic E-state index is -0.481. The maximum atomic E-state index is 12.4. The lowest BCUT2D eigenvalue weighted by Gasteiger charge is -2.18. The molecule has 1 aliphatic carbocycles. The van der Waals surface area contributed by atoms with Crippen LogP contribution in [0.25, 0.3) is 0 Å². The van der Waals surface area contributed by atoms with Gasteiger partial charge in [-0.15, -0.1) is 0 Å². The van der Waals surface area contributed by atoms with Gasteiger partial charge in [-0.05, 0) is 48.9 Å². The maximum Gasteiger partial charge on any atom is 0.253 e. The number of primary amides is 1. The number of likely N-dealkylation sites (tertiary alicyclic amines) is 1. The number of carbonyl (C=O) groups is 2. The predicted octanol–water partition coefficient (Wildman–Crippen LogP) is 0.595. The van der Waals surface area contributed by atoms with Crippen molar-refractivity contribution >= 4 is 11.8 Å². The average Bonchev–Trinajstić information content (AvgIpc) is 3.01. The van der Waals surface area contributed by atoms with Crippen molar-refractivity contribution in [3.05, 3.63) is 35.4 Å². The molecule has 1 aromatic rings. The Bertz CT molecular complexity index is 541. The van der Waals surface area contributed by atoms with Crippen LogP contribution < -0.4 is 11.5 Å². The molecule has 1 aliphatic heterocycles. The van der Waals surface area contributed by atoms with Gasteiger partial charge in [0.25, 0.3) is 5.91 Å². The number of carbonyl (C=O) groups excluding carboxylic acids is 2. The molecule has 3 rings (SSSR count). The first-order valence-corrected chi connectivity index (χ1v) is 7.01. The average molecular weight is 273 g/mol. The first kappa shape index (κ1) is 13.1. The molecule has 1 heterocycles. The molecule has 5 nitrogen and oxygen atoms in total. The lowest BCUT2D eigenvalue weighted by atomic mass is 9.98. The summed E-state index contributed by atoms with van der Waals surface area (Å²) in [5, 5.41) is 0. The quantitative estimate of drug-likeness (QED) is 0.826. The van der Waals surface area contributed by atoms with Crippen molar-refractivity contribution in [1.82, 2.24) is 4.90 Å². The fraction of sp³-hybridized carbons (Fsp3) is 0.467. The summed E-state index contributed by atoms with van der Waals surface area (Å²) in [6.07, 6.45) is 2.20. The second-order valence-corrected chi connectivity index (χ2v) is 5.82. The Morgan fingerprint density at radius 3 is 2.30 bits per heavy atom. The van der Waals surface area contributed by atoms with E-state index < -0.39 is 5.91 Å². The van der Waals surface area contributed by atoms with Crippen LogP contribution in [0.5, 0.6) is 0 Å². The van der Waals surface area contributed by atoms with Crippen LogP contribution in [-0.4, -0.2) is 35.8 Å². The Morgan fingerprint density at radius 2 is 1.70 bits per heavy atom. The zero-order valence-electron chi connectivity index (χ0n) is 11.3. The Hall–Kier alpha value is -1.88. The second-order valence-electron chi connectivity index (χ2n) is 5.82. The van der Waals surface area contributed by atoms with Crippen LogP contribution in [-0.2, 0) is 0 Å². The molecule has 20 heavy (non-hydrogen) atoms. The van der Waals surface area contributed by atoms with Crippen LogP contribution in [0, 0.1) is 11.8 Å². The summed E-state index contributed by atoms with van der Waals surface area (Å²) in [5.74, 6) is 0.538. The topological polar surface area (TPSA) is 89.4 Å². The van der Waals surface area contributed by atoms with Gasteiger partial charge in [-0.2, -0.15) is 0 Å². The van der Waals surface area contributed by atoms with Gasteiger partial charge < -0.3 is 16.4 Å². The normalized spacial score (nSPS) is 28.4. The third kappa shape index (κ3) is 2.18. The van der Waals surface area contributed by atoms with E-state index in [1.165, 1.54) is 0 Å². The van der Waals surface area contributed by atoms with Crippen LogP contribution in [0.3, 0.4) is 0 Å². The number of rotatable bonds is 2. The molecular weight excluding hydrogens is 254 g/mol. The van der Waals surface area contributed by atoms with Gasteiger partial charge in [-0.25, -0.2) is 0 Å². The molecule has 0 spiro atoms. The summed E-state index contributed by atoms with van der Waals surface area (Å²) in [7, 11) is 0. The van der Waals surface area contributed by atoms with Crippen molar-refractivity contribution in [3.63, 3.8) is 0 Å². The van der Waals surface area contributed by atoms with Crippen molar-refractivity contribution in [1.29, 1.82) is 0 Å². The Morgan fingerprint density at radius 1 is 1.05 bits per heavy atom. The Labute approximate surface area is 117 Å². The SMILES string of the molecule is NC(=O)c1ccc(C(=O)N2CC3CCC(N)C3C2)cc1. The van der Waals surface area contributed by atoms with Gasteiger partial charge in [0.05, 0.1) is 0 Å². The highest BCUT2D eigenvalue weighted by Crippen LogP contribution is 2.37. The van der Waals surface area contributed by atoms with Crippen molar-refractivity contribution in [2.75, 3.05) is 13.1 Å². The molecule has 2 amide bonds. The molecule has 0 radical (unpaired) electrons. The third-order valence-corrected chi connectivity index (χ3v) is 4.62. The zero-order valence-corrected chi connectivity index (χ0v) is 11.3. The second kappa shape index (κ2) is 4.90. The summed E-state index contributed by atoms with van der Waals surface area (Å²) in [6.45, 7) is 1.55. The molecular formula is C15H19N3O2. The highest BCUT2D eigenvalue weighted by atomic mass is 16.2. The largest absolute Gasteiger partial charge is 0.366 e. The van der Waals surface area contributed by atoms with Crippen LogP contribution in [0.4, 0.5) is 0 Å². The summed E-state index contributed by atoms with van der Waals surface area (Å²) >= 11 is 0. The van der Waals surface area contributed by atoms with E-state index in [1.54, 1.807) is 24.3 Å². The number of hydrogen-bond donors (Lipinski definition) is 2. The summed E-state index contributed by atoms with van der Waals surface area (Å²) in [6, 6.07) is 6.75. The van der Waals surface area contributed by atoms with Crippen molar-refractivity contribution in [3.8, 4) is 0 Å². The van der Waals surface area contributed by atoms with E-state index in [1.807, 2.05) is 4.90 Å². The first-order valence-electron chi connectivity index (χ1n) is 7.01. The minimum absolute atomic E-state index is 0.0163. The molecule has 5 heteroatoms. The van der Waals surface area contributed by atoms with Gasteiger partial charge >= 0.3 is 0 Å². The standard InChI is InChI=1S/C15H19N3O2/c16-13-6-5-11-7-18(8-12(11)13)15(20)10-3-1-9(2-4-10)14(17)19/h1-4,11-13H,5-8,16H2,(H2,17,19). The van der Waals surface area contributed by atoms with Gasteiger partial charge in [0.1, 0.15) is 0 Å². The molecule has 1 saturated carbocycles. The zero-order chi connectivity index (χ0) is 14.3. The van der Waals surface area contributed by atoms with Gasteiger partial charge in [0, 0.05) is 30.3 Å². The predicted molar refractivity (Wildman–Crippen MR) is 75.1 cm³/mol. The van der Waals surface area contributed by atoms with Crippen molar-refractivity contribution < 1.29 is 9.59 Å². The van der Waals surface area contributed by atoms with Gasteiger partial charge in [-0.3, -0.25) is 9.59 Å². The molecule has 0 aromatic heterocycles. The number of amides is 2. The van der Waals surface area contributed by atoms with E-state index in [0.717, 1.165) is 25.9 Å².